The number of nitrogens with two attached hydrogens (primary N) is 1. The zero-order valence-electron chi connectivity index (χ0n) is 10.4. The molecule has 92 valence electrons. The van der Waals surface area contributed by atoms with E-state index in [2.05, 4.69) is 27.1 Å². The summed E-state index contributed by atoms with van der Waals surface area (Å²) in [6, 6.07) is 6.16. The van der Waals surface area contributed by atoms with Gasteiger partial charge in [0, 0.05) is 12.6 Å². The highest BCUT2D eigenvalue weighted by Crippen LogP contribution is 2.26. The molecular weight excluding hydrogens is 226 g/mol. The van der Waals surface area contributed by atoms with Crippen LogP contribution in [-0.2, 0) is 13.6 Å². The van der Waals surface area contributed by atoms with Gasteiger partial charge in [-0.25, -0.2) is 9.97 Å². The molecule has 0 fully saturated rings. The number of hydrogen-bond acceptors (Lipinski definition) is 3. The topological polar surface area (TPSA) is 72.5 Å². The van der Waals surface area contributed by atoms with Crippen LogP contribution in [0.4, 0.5) is 0 Å². The highest BCUT2D eigenvalue weighted by atomic mass is 15.1. The fourth-order valence-electron chi connectivity index (χ4n) is 2.36. The third-order valence-electron chi connectivity index (χ3n) is 3.24. The van der Waals surface area contributed by atoms with E-state index in [1.807, 2.05) is 24.6 Å². The summed E-state index contributed by atoms with van der Waals surface area (Å²) in [4.78, 5) is 11.8. The van der Waals surface area contributed by atoms with E-state index in [1.165, 1.54) is 0 Å². The van der Waals surface area contributed by atoms with Crippen molar-refractivity contribution in [1.29, 1.82) is 0 Å². The molecule has 0 saturated heterocycles. The van der Waals surface area contributed by atoms with Gasteiger partial charge in [0.05, 0.1) is 35.3 Å². The first kappa shape index (κ1) is 11.0. The van der Waals surface area contributed by atoms with Crippen LogP contribution in [0.15, 0.2) is 24.5 Å². The van der Waals surface area contributed by atoms with E-state index in [1.54, 1.807) is 6.33 Å². The number of H-pyrrole nitrogens is 1. The average molecular weight is 241 g/mol. The van der Waals surface area contributed by atoms with Crippen LogP contribution in [0.5, 0.6) is 0 Å². The predicted octanol–water partition coefficient (Wildman–Crippen LogP) is 1.73. The molecule has 2 heterocycles. The summed E-state index contributed by atoms with van der Waals surface area (Å²) in [6.45, 7) is 2.45. The average Bonchev–Trinajstić information content (AvgIpc) is 2.93. The Hall–Kier alpha value is -2.14. The van der Waals surface area contributed by atoms with Crippen molar-refractivity contribution in [3.8, 4) is 11.3 Å². The molecule has 3 aromatic rings. The lowest BCUT2D eigenvalue weighted by atomic mass is 10.1. The van der Waals surface area contributed by atoms with E-state index < -0.39 is 0 Å². The number of fused-ring (bicyclic) bond motifs is 1. The van der Waals surface area contributed by atoms with Crippen LogP contribution in [0.2, 0.25) is 0 Å². The number of hydrogen-bond donors (Lipinski definition) is 2. The number of aromatic amines is 1. The molecule has 18 heavy (non-hydrogen) atoms. The normalized spacial score (nSPS) is 11.3. The highest BCUT2D eigenvalue weighted by molar-refractivity contribution is 5.81. The largest absolute Gasteiger partial charge is 0.345 e. The van der Waals surface area contributed by atoms with E-state index in [0.29, 0.717) is 6.54 Å². The van der Waals surface area contributed by atoms with E-state index in [0.717, 1.165) is 33.8 Å². The molecule has 3 N–H and O–H groups in total. The van der Waals surface area contributed by atoms with E-state index >= 15 is 0 Å². The minimum Gasteiger partial charge on any atom is -0.345 e. The van der Waals surface area contributed by atoms with Gasteiger partial charge in [-0.15, -0.1) is 0 Å². The van der Waals surface area contributed by atoms with Crippen LogP contribution in [-0.4, -0.2) is 19.5 Å². The second kappa shape index (κ2) is 3.96. The van der Waals surface area contributed by atoms with Crippen molar-refractivity contribution >= 4 is 11.0 Å². The van der Waals surface area contributed by atoms with Crippen LogP contribution in [0.1, 0.15) is 11.5 Å². The SMILES string of the molecule is Cc1nc(CN)n(C)c1-c1ccc2nc[nH]c2c1. The monoisotopic (exact) mass is 241 g/mol. The molecule has 3 rings (SSSR count). The molecule has 0 unspecified atom stereocenters. The summed E-state index contributed by atoms with van der Waals surface area (Å²) in [7, 11) is 1.99. The standard InChI is InChI=1S/C13H15N5/c1-8-13(18(2)12(6-14)17-8)9-3-4-10-11(5-9)16-7-15-10/h3-5,7H,6,14H2,1-2H3,(H,15,16). The lowest BCUT2D eigenvalue weighted by molar-refractivity contribution is 0.798. The van der Waals surface area contributed by atoms with Gasteiger partial charge < -0.3 is 15.3 Å². The van der Waals surface area contributed by atoms with Gasteiger partial charge in [0.2, 0.25) is 0 Å². The van der Waals surface area contributed by atoms with Gasteiger partial charge in [-0.3, -0.25) is 0 Å². The molecule has 0 spiro atoms. The second-order valence-electron chi connectivity index (χ2n) is 4.36. The minimum atomic E-state index is 0.448. The molecule has 0 aliphatic carbocycles. The summed E-state index contributed by atoms with van der Waals surface area (Å²) in [5.41, 5.74) is 10.9. The Balaban J connectivity index is 2.21. The molecule has 2 aromatic heterocycles. The van der Waals surface area contributed by atoms with Crippen molar-refractivity contribution in [2.24, 2.45) is 12.8 Å². The summed E-state index contributed by atoms with van der Waals surface area (Å²) < 4.78 is 2.05. The first-order valence-corrected chi connectivity index (χ1v) is 5.86. The zero-order chi connectivity index (χ0) is 12.7. The Morgan fingerprint density at radius 1 is 1.39 bits per heavy atom. The van der Waals surface area contributed by atoms with Gasteiger partial charge in [0.25, 0.3) is 0 Å². The molecule has 0 aliphatic heterocycles. The number of imidazole rings is 2. The minimum absolute atomic E-state index is 0.448. The molecule has 0 saturated carbocycles. The van der Waals surface area contributed by atoms with Crippen molar-refractivity contribution in [3.05, 3.63) is 36.0 Å². The maximum absolute atomic E-state index is 5.69. The lowest BCUT2D eigenvalue weighted by Crippen LogP contribution is -2.05. The number of rotatable bonds is 2. The van der Waals surface area contributed by atoms with Crippen LogP contribution < -0.4 is 5.73 Å². The predicted molar refractivity (Wildman–Crippen MR) is 70.9 cm³/mol. The summed E-state index contributed by atoms with van der Waals surface area (Å²) in [5.74, 6) is 0.896. The van der Waals surface area contributed by atoms with Crippen molar-refractivity contribution < 1.29 is 0 Å². The fraction of sp³-hybridized carbons (Fsp3) is 0.231. The van der Waals surface area contributed by atoms with E-state index in [9.17, 15) is 0 Å². The van der Waals surface area contributed by atoms with E-state index in [-0.39, 0.29) is 0 Å². The Bertz CT molecular complexity index is 707. The zero-order valence-corrected chi connectivity index (χ0v) is 10.4. The number of benzene rings is 1. The Kier molecular flexibility index (Phi) is 2.41. The molecule has 5 heteroatoms. The molecule has 0 aliphatic rings. The molecule has 0 bridgehead atoms. The van der Waals surface area contributed by atoms with Crippen molar-refractivity contribution in [2.75, 3.05) is 0 Å². The Morgan fingerprint density at radius 3 is 2.94 bits per heavy atom. The smallest absolute Gasteiger partial charge is 0.122 e. The highest BCUT2D eigenvalue weighted by Gasteiger charge is 2.12. The molecule has 0 radical (unpaired) electrons. The van der Waals surface area contributed by atoms with Crippen LogP contribution in [0.3, 0.4) is 0 Å². The Labute approximate surface area is 105 Å². The van der Waals surface area contributed by atoms with Gasteiger partial charge in [-0.05, 0) is 19.1 Å². The summed E-state index contributed by atoms with van der Waals surface area (Å²) in [6.07, 6.45) is 1.70. The summed E-state index contributed by atoms with van der Waals surface area (Å²) >= 11 is 0. The van der Waals surface area contributed by atoms with Gasteiger partial charge in [-0.1, -0.05) is 6.07 Å². The van der Waals surface area contributed by atoms with E-state index in [4.69, 9.17) is 5.73 Å². The number of aromatic nitrogens is 4. The maximum atomic E-state index is 5.69. The number of nitrogens with zero attached hydrogens (tertiary/aromatic N) is 3. The molecular formula is C13H15N5. The van der Waals surface area contributed by atoms with Gasteiger partial charge in [-0.2, -0.15) is 0 Å². The van der Waals surface area contributed by atoms with Crippen molar-refractivity contribution in [1.82, 2.24) is 19.5 Å². The third-order valence-corrected chi connectivity index (χ3v) is 3.24. The quantitative estimate of drug-likeness (QED) is 0.717. The fourth-order valence-corrected chi connectivity index (χ4v) is 2.36. The summed E-state index contributed by atoms with van der Waals surface area (Å²) in [5, 5.41) is 0. The van der Waals surface area contributed by atoms with Crippen LogP contribution in [0.25, 0.3) is 22.3 Å². The van der Waals surface area contributed by atoms with Crippen molar-refractivity contribution in [3.63, 3.8) is 0 Å². The first-order valence-electron chi connectivity index (χ1n) is 5.86. The Morgan fingerprint density at radius 2 is 2.22 bits per heavy atom. The van der Waals surface area contributed by atoms with Gasteiger partial charge in [0.15, 0.2) is 0 Å². The van der Waals surface area contributed by atoms with Gasteiger partial charge in [0.1, 0.15) is 5.82 Å². The maximum Gasteiger partial charge on any atom is 0.122 e. The first-order chi connectivity index (χ1) is 8.70. The van der Waals surface area contributed by atoms with Crippen LogP contribution in [0, 0.1) is 6.92 Å². The molecule has 0 atom stereocenters. The number of aryl methyl sites for hydroxylation is 1. The molecule has 0 amide bonds. The lowest BCUT2D eigenvalue weighted by Gasteiger charge is -2.06. The third kappa shape index (κ3) is 1.52. The molecule has 5 nitrogen and oxygen atoms in total. The number of nitrogens with one attached hydrogen (secondary N) is 1. The van der Waals surface area contributed by atoms with Gasteiger partial charge >= 0.3 is 0 Å². The molecule has 1 aromatic carbocycles. The van der Waals surface area contributed by atoms with Crippen molar-refractivity contribution in [2.45, 2.75) is 13.5 Å². The second-order valence-corrected chi connectivity index (χ2v) is 4.36. The van der Waals surface area contributed by atoms with Crippen LogP contribution >= 0.6 is 0 Å².